The molecule has 4 nitrogen and oxygen atoms in total. The molecule has 2 unspecified atom stereocenters. The number of ether oxygens (including phenoxy) is 1. The number of amides is 1. The Bertz CT molecular complexity index is 460. The summed E-state index contributed by atoms with van der Waals surface area (Å²) in [5.41, 5.74) is 0.806. The van der Waals surface area contributed by atoms with Crippen molar-refractivity contribution >= 4 is 23.4 Å². The Labute approximate surface area is 111 Å². The number of rotatable bonds is 2. The second-order valence-corrected chi connectivity index (χ2v) is 5.20. The molecule has 1 N–H and O–H groups in total. The third kappa shape index (κ3) is 2.18. The van der Waals surface area contributed by atoms with Crippen molar-refractivity contribution in [3.63, 3.8) is 0 Å². The molecule has 2 heterocycles. The van der Waals surface area contributed by atoms with Crippen LogP contribution in [0.2, 0.25) is 5.02 Å². The molecule has 18 heavy (non-hydrogen) atoms. The van der Waals surface area contributed by atoms with Crippen LogP contribution in [0.25, 0.3) is 0 Å². The lowest BCUT2D eigenvalue weighted by Gasteiger charge is -2.15. The average molecular weight is 267 g/mol. The maximum absolute atomic E-state index is 11.9. The van der Waals surface area contributed by atoms with Crippen molar-refractivity contribution in [1.82, 2.24) is 5.32 Å². The van der Waals surface area contributed by atoms with Crippen LogP contribution < -0.4 is 10.2 Å². The number of hydrogen-bond acceptors (Lipinski definition) is 3. The SMILES string of the molecule is O=C1OC(C2CCNC2)CN1c1cccc(Cl)c1. The topological polar surface area (TPSA) is 41.6 Å². The van der Waals surface area contributed by atoms with Gasteiger partial charge in [-0.2, -0.15) is 0 Å². The van der Waals surface area contributed by atoms with Crippen molar-refractivity contribution in [2.45, 2.75) is 12.5 Å². The number of halogens is 1. The quantitative estimate of drug-likeness (QED) is 0.893. The van der Waals surface area contributed by atoms with Crippen LogP contribution in [0.4, 0.5) is 10.5 Å². The lowest BCUT2D eigenvalue weighted by Crippen LogP contribution is -2.28. The van der Waals surface area contributed by atoms with Crippen LogP contribution in [0.3, 0.4) is 0 Å². The number of carbonyl (C=O) groups is 1. The predicted molar refractivity (Wildman–Crippen MR) is 70.0 cm³/mol. The van der Waals surface area contributed by atoms with Crippen molar-refractivity contribution in [2.75, 3.05) is 24.5 Å². The molecule has 2 atom stereocenters. The lowest BCUT2D eigenvalue weighted by atomic mass is 10.0. The second kappa shape index (κ2) is 4.78. The monoisotopic (exact) mass is 266 g/mol. The van der Waals surface area contributed by atoms with Gasteiger partial charge in [0.1, 0.15) is 6.10 Å². The molecule has 3 rings (SSSR count). The van der Waals surface area contributed by atoms with Crippen molar-refractivity contribution in [1.29, 1.82) is 0 Å². The number of nitrogens with zero attached hydrogens (tertiary/aromatic N) is 1. The van der Waals surface area contributed by atoms with Gasteiger partial charge >= 0.3 is 6.09 Å². The van der Waals surface area contributed by atoms with Crippen molar-refractivity contribution in [3.05, 3.63) is 29.3 Å². The minimum atomic E-state index is -0.269. The van der Waals surface area contributed by atoms with Gasteiger partial charge in [0.2, 0.25) is 0 Å². The molecule has 96 valence electrons. The molecule has 2 aliphatic rings. The molecule has 2 aliphatic heterocycles. The highest BCUT2D eigenvalue weighted by Crippen LogP contribution is 2.28. The molecule has 0 aliphatic carbocycles. The van der Waals surface area contributed by atoms with E-state index in [9.17, 15) is 4.79 Å². The van der Waals surface area contributed by atoms with E-state index >= 15 is 0 Å². The smallest absolute Gasteiger partial charge is 0.414 e. The number of cyclic esters (lactones) is 1. The van der Waals surface area contributed by atoms with E-state index < -0.39 is 0 Å². The summed E-state index contributed by atoms with van der Waals surface area (Å²) in [4.78, 5) is 13.6. The Morgan fingerprint density at radius 3 is 3.06 bits per heavy atom. The Hall–Kier alpha value is -1.26. The van der Waals surface area contributed by atoms with E-state index in [-0.39, 0.29) is 12.2 Å². The van der Waals surface area contributed by atoms with E-state index in [4.69, 9.17) is 16.3 Å². The molecule has 0 saturated carbocycles. The number of anilines is 1. The zero-order valence-electron chi connectivity index (χ0n) is 9.93. The number of nitrogens with one attached hydrogen (secondary N) is 1. The van der Waals surface area contributed by atoms with E-state index in [1.165, 1.54) is 0 Å². The number of carbonyl (C=O) groups excluding carboxylic acids is 1. The Kier molecular flexibility index (Phi) is 3.14. The van der Waals surface area contributed by atoms with Crippen LogP contribution >= 0.6 is 11.6 Å². The zero-order valence-corrected chi connectivity index (χ0v) is 10.7. The first-order valence-corrected chi connectivity index (χ1v) is 6.56. The van der Waals surface area contributed by atoms with Gasteiger partial charge in [-0.3, -0.25) is 4.90 Å². The first-order valence-electron chi connectivity index (χ1n) is 6.18. The van der Waals surface area contributed by atoms with Gasteiger partial charge in [-0.15, -0.1) is 0 Å². The largest absolute Gasteiger partial charge is 0.444 e. The fraction of sp³-hybridized carbons (Fsp3) is 0.462. The molecular formula is C13H15ClN2O2. The Morgan fingerprint density at radius 2 is 2.33 bits per heavy atom. The summed E-state index contributed by atoms with van der Waals surface area (Å²) in [5, 5.41) is 3.93. The van der Waals surface area contributed by atoms with Gasteiger partial charge in [0, 0.05) is 23.2 Å². The van der Waals surface area contributed by atoms with Crippen LogP contribution in [0.15, 0.2) is 24.3 Å². The number of benzene rings is 1. The molecule has 0 aromatic heterocycles. The maximum Gasteiger partial charge on any atom is 0.414 e. The summed E-state index contributed by atoms with van der Waals surface area (Å²) < 4.78 is 5.46. The predicted octanol–water partition coefficient (Wildman–Crippen LogP) is 2.27. The number of hydrogen-bond donors (Lipinski definition) is 1. The van der Waals surface area contributed by atoms with E-state index in [0.29, 0.717) is 17.5 Å². The van der Waals surface area contributed by atoms with Crippen molar-refractivity contribution < 1.29 is 9.53 Å². The van der Waals surface area contributed by atoms with Gasteiger partial charge in [0.05, 0.1) is 6.54 Å². The minimum absolute atomic E-state index is 0.00789. The summed E-state index contributed by atoms with van der Waals surface area (Å²) >= 11 is 5.95. The van der Waals surface area contributed by atoms with Crippen LogP contribution in [0, 0.1) is 5.92 Å². The molecule has 1 aromatic carbocycles. The second-order valence-electron chi connectivity index (χ2n) is 4.77. The van der Waals surface area contributed by atoms with Crippen LogP contribution in [-0.4, -0.2) is 31.8 Å². The van der Waals surface area contributed by atoms with Crippen molar-refractivity contribution in [2.24, 2.45) is 5.92 Å². The fourth-order valence-corrected chi connectivity index (χ4v) is 2.76. The summed E-state index contributed by atoms with van der Waals surface area (Å²) in [6.45, 7) is 2.56. The van der Waals surface area contributed by atoms with E-state index in [0.717, 1.165) is 25.2 Å². The molecule has 0 spiro atoms. The lowest BCUT2D eigenvalue weighted by molar-refractivity contribution is 0.111. The molecule has 0 radical (unpaired) electrons. The van der Waals surface area contributed by atoms with E-state index in [2.05, 4.69) is 5.32 Å². The van der Waals surface area contributed by atoms with Gasteiger partial charge in [-0.25, -0.2) is 4.79 Å². The van der Waals surface area contributed by atoms with Gasteiger partial charge in [0.25, 0.3) is 0 Å². The van der Waals surface area contributed by atoms with Crippen LogP contribution in [-0.2, 0) is 4.74 Å². The Balaban J connectivity index is 1.76. The summed E-state index contributed by atoms with van der Waals surface area (Å²) in [6, 6.07) is 7.31. The fourth-order valence-electron chi connectivity index (χ4n) is 2.58. The molecule has 2 fully saturated rings. The molecule has 5 heteroatoms. The third-order valence-electron chi connectivity index (χ3n) is 3.58. The highest BCUT2D eigenvalue weighted by atomic mass is 35.5. The van der Waals surface area contributed by atoms with E-state index in [1.807, 2.05) is 12.1 Å². The molecule has 1 aromatic rings. The normalized spacial score (nSPS) is 27.6. The van der Waals surface area contributed by atoms with Gasteiger partial charge < -0.3 is 10.1 Å². The first-order chi connectivity index (χ1) is 8.74. The Morgan fingerprint density at radius 1 is 1.44 bits per heavy atom. The minimum Gasteiger partial charge on any atom is -0.444 e. The van der Waals surface area contributed by atoms with Gasteiger partial charge in [-0.05, 0) is 31.2 Å². The maximum atomic E-state index is 11.9. The van der Waals surface area contributed by atoms with Gasteiger partial charge in [-0.1, -0.05) is 17.7 Å². The zero-order chi connectivity index (χ0) is 12.5. The summed E-state index contributed by atoms with van der Waals surface area (Å²) in [5.74, 6) is 0.429. The average Bonchev–Trinajstić information content (AvgIpc) is 2.97. The van der Waals surface area contributed by atoms with Crippen LogP contribution in [0.5, 0.6) is 0 Å². The van der Waals surface area contributed by atoms with E-state index in [1.54, 1.807) is 17.0 Å². The van der Waals surface area contributed by atoms with Crippen LogP contribution in [0.1, 0.15) is 6.42 Å². The van der Waals surface area contributed by atoms with Gasteiger partial charge in [0.15, 0.2) is 0 Å². The first kappa shape index (κ1) is 11.8. The molecule has 1 amide bonds. The summed E-state index contributed by atoms with van der Waals surface area (Å²) in [7, 11) is 0. The molecule has 2 saturated heterocycles. The molecule has 0 bridgehead atoms. The molecular weight excluding hydrogens is 252 g/mol. The summed E-state index contributed by atoms with van der Waals surface area (Å²) in [6.07, 6.45) is 0.794. The van der Waals surface area contributed by atoms with Crippen molar-refractivity contribution in [3.8, 4) is 0 Å². The highest BCUT2D eigenvalue weighted by molar-refractivity contribution is 6.30. The third-order valence-corrected chi connectivity index (χ3v) is 3.81. The standard InChI is InChI=1S/C13H15ClN2O2/c14-10-2-1-3-11(6-10)16-8-12(18-13(16)17)9-4-5-15-7-9/h1-3,6,9,12,15H,4-5,7-8H2. The highest BCUT2D eigenvalue weighted by Gasteiger charge is 2.38.